The van der Waals surface area contributed by atoms with Crippen LogP contribution >= 0.6 is 11.3 Å². The minimum Gasteiger partial charge on any atom is -0.344 e. The van der Waals surface area contributed by atoms with Gasteiger partial charge in [-0.15, -0.1) is 10.2 Å². The van der Waals surface area contributed by atoms with E-state index in [4.69, 9.17) is 0 Å². The van der Waals surface area contributed by atoms with Crippen molar-refractivity contribution in [3.05, 3.63) is 5.51 Å². The Morgan fingerprint density at radius 1 is 1.41 bits per heavy atom. The molecule has 0 aromatic carbocycles. The summed E-state index contributed by atoms with van der Waals surface area (Å²) >= 11 is 1.23. The highest BCUT2D eigenvalue weighted by atomic mass is 32.1. The summed E-state index contributed by atoms with van der Waals surface area (Å²) < 4.78 is 0. The average Bonchev–Trinajstić information content (AvgIpc) is 2.68. The first-order valence-corrected chi connectivity index (χ1v) is 6.06. The van der Waals surface area contributed by atoms with Gasteiger partial charge in [0.2, 0.25) is 16.9 Å². The predicted octanol–water partition coefficient (Wildman–Crippen LogP) is 1.03. The molecule has 0 bridgehead atoms. The zero-order valence-corrected chi connectivity index (χ0v) is 11.1. The lowest BCUT2D eigenvalue weighted by Crippen LogP contribution is -2.46. The van der Waals surface area contributed by atoms with E-state index < -0.39 is 11.5 Å². The summed E-state index contributed by atoms with van der Waals surface area (Å²) in [6.45, 7) is 6.99. The Kier molecular flexibility index (Phi) is 4.17. The second kappa shape index (κ2) is 5.22. The van der Waals surface area contributed by atoms with Crippen LogP contribution in [0.4, 0.5) is 5.13 Å². The standard InChI is InChI=1S/C10H16N4O2S/c1-6(12-8(16)10(2,3)4)7(15)13-9-14-11-5-17-9/h5-6H,1-4H3,(H,12,16)(H,13,14,15). The van der Waals surface area contributed by atoms with Crippen LogP contribution in [0.15, 0.2) is 5.51 Å². The van der Waals surface area contributed by atoms with Crippen molar-refractivity contribution in [2.75, 3.05) is 5.32 Å². The van der Waals surface area contributed by atoms with Gasteiger partial charge in [0.15, 0.2) is 0 Å². The zero-order chi connectivity index (χ0) is 13.1. The first-order chi connectivity index (χ1) is 7.80. The fraction of sp³-hybridized carbons (Fsp3) is 0.600. The van der Waals surface area contributed by atoms with Gasteiger partial charge in [0, 0.05) is 5.41 Å². The van der Waals surface area contributed by atoms with Gasteiger partial charge < -0.3 is 5.32 Å². The van der Waals surface area contributed by atoms with Crippen molar-refractivity contribution in [1.82, 2.24) is 15.5 Å². The van der Waals surface area contributed by atoms with E-state index in [1.165, 1.54) is 16.8 Å². The highest BCUT2D eigenvalue weighted by Gasteiger charge is 2.25. The molecule has 0 fully saturated rings. The third-order valence-corrected chi connectivity index (χ3v) is 2.62. The molecule has 0 spiro atoms. The van der Waals surface area contributed by atoms with Crippen LogP contribution in [0.3, 0.4) is 0 Å². The molecular weight excluding hydrogens is 240 g/mol. The van der Waals surface area contributed by atoms with Gasteiger partial charge in [-0.05, 0) is 6.92 Å². The van der Waals surface area contributed by atoms with Crippen LogP contribution in [0, 0.1) is 5.41 Å². The number of aromatic nitrogens is 2. The third-order valence-electron chi connectivity index (χ3n) is 2.01. The van der Waals surface area contributed by atoms with E-state index >= 15 is 0 Å². The molecule has 6 nitrogen and oxygen atoms in total. The third kappa shape index (κ3) is 4.10. The molecule has 0 saturated carbocycles. The van der Waals surface area contributed by atoms with Gasteiger partial charge >= 0.3 is 0 Å². The number of hydrogen-bond donors (Lipinski definition) is 2. The molecular formula is C10H16N4O2S. The van der Waals surface area contributed by atoms with Gasteiger partial charge in [-0.2, -0.15) is 0 Å². The van der Waals surface area contributed by atoms with Gasteiger partial charge in [0.1, 0.15) is 11.6 Å². The SMILES string of the molecule is CC(NC(=O)C(C)(C)C)C(=O)Nc1nncs1. The van der Waals surface area contributed by atoms with Crippen LogP contribution in [-0.2, 0) is 9.59 Å². The lowest BCUT2D eigenvalue weighted by atomic mass is 9.95. The van der Waals surface area contributed by atoms with Crippen molar-refractivity contribution >= 4 is 28.3 Å². The van der Waals surface area contributed by atoms with Crippen molar-refractivity contribution < 1.29 is 9.59 Å². The Labute approximate surface area is 104 Å². The molecule has 1 unspecified atom stereocenters. The largest absolute Gasteiger partial charge is 0.344 e. The summed E-state index contributed by atoms with van der Waals surface area (Å²) in [6.07, 6.45) is 0. The van der Waals surface area contributed by atoms with Gasteiger partial charge in [-0.3, -0.25) is 14.9 Å². The summed E-state index contributed by atoms with van der Waals surface area (Å²) in [5, 5.41) is 12.9. The Hall–Kier alpha value is -1.50. The monoisotopic (exact) mass is 256 g/mol. The normalized spacial score (nSPS) is 12.9. The lowest BCUT2D eigenvalue weighted by Gasteiger charge is -2.20. The van der Waals surface area contributed by atoms with Gasteiger partial charge in [-0.1, -0.05) is 32.1 Å². The molecule has 0 saturated heterocycles. The van der Waals surface area contributed by atoms with Crippen molar-refractivity contribution in [3.8, 4) is 0 Å². The number of nitrogens with zero attached hydrogens (tertiary/aromatic N) is 2. The summed E-state index contributed by atoms with van der Waals surface area (Å²) in [6, 6.07) is -0.606. The molecule has 1 rings (SSSR count). The van der Waals surface area contributed by atoms with E-state index in [9.17, 15) is 9.59 Å². The molecule has 0 aliphatic heterocycles. The Morgan fingerprint density at radius 3 is 2.53 bits per heavy atom. The average molecular weight is 256 g/mol. The zero-order valence-electron chi connectivity index (χ0n) is 10.3. The van der Waals surface area contributed by atoms with E-state index in [1.54, 1.807) is 27.7 Å². The van der Waals surface area contributed by atoms with Crippen molar-refractivity contribution in [2.45, 2.75) is 33.7 Å². The fourth-order valence-electron chi connectivity index (χ4n) is 0.920. The van der Waals surface area contributed by atoms with Crippen LogP contribution in [0.2, 0.25) is 0 Å². The number of carbonyl (C=O) groups is 2. The molecule has 1 atom stereocenters. The molecule has 1 aromatic heterocycles. The van der Waals surface area contributed by atoms with Crippen LogP contribution in [0.25, 0.3) is 0 Å². The van der Waals surface area contributed by atoms with Crippen molar-refractivity contribution in [2.24, 2.45) is 5.41 Å². The highest BCUT2D eigenvalue weighted by molar-refractivity contribution is 7.13. The molecule has 1 heterocycles. The van der Waals surface area contributed by atoms with E-state index in [0.29, 0.717) is 5.13 Å². The molecule has 1 aromatic rings. The van der Waals surface area contributed by atoms with E-state index in [2.05, 4.69) is 20.8 Å². The minimum atomic E-state index is -0.606. The molecule has 0 aliphatic carbocycles. The first-order valence-electron chi connectivity index (χ1n) is 5.18. The number of rotatable bonds is 3. The van der Waals surface area contributed by atoms with Gasteiger partial charge in [0.25, 0.3) is 0 Å². The maximum Gasteiger partial charge on any atom is 0.248 e. The summed E-state index contributed by atoms with van der Waals surface area (Å²) in [7, 11) is 0. The molecule has 2 amide bonds. The maximum absolute atomic E-state index is 11.7. The summed E-state index contributed by atoms with van der Waals surface area (Å²) in [4.78, 5) is 23.4. The predicted molar refractivity (Wildman–Crippen MR) is 65.6 cm³/mol. The van der Waals surface area contributed by atoms with Crippen molar-refractivity contribution in [3.63, 3.8) is 0 Å². The number of carbonyl (C=O) groups excluding carboxylic acids is 2. The fourth-order valence-corrected chi connectivity index (χ4v) is 1.37. The second-order valence-electron chi connectivity index (χ2n) is 4.68. The molecule has 7 heteroatoms. The lowest BCUT2D eigenvalue weighted by molar-refractivity contribution is -0.131. The summed E-state index contributed by atoms with van der Waals surface area (Å²) in [5.74, 6) is -0.475. The van der Waals surface area contributed by atoms with Crippen LogP contribution < -0.4 is 10.6 Å². The molecule has 2 N–H and O–H groups in total. The quantitative estimate of drug-likeness (QED) is 0.846. The molecule has 0 radical (unpaired) electrons. The minimum absolute atomic E-state index is 0.169. The smallest absolute Gasteiger partial charge is 0.248 e. The molecule has 0 aliphatic rings. The number of hydrogen-bond acceptors (Lipinski definition) is 5. The van der Waals surface area contributed by atoms with Crippen LogP contribution in [0.1, 0.15) is 27.7 Å². The number of anilines is 1. The number of nitrogens with one attached hydrogen (secondary N) is 2. The number of amides is 2. The Morgan fingerprint density at radius 2 is 2.06 bits per heavy atom. The Balaban J connectivity index is 2.51. The first kappa shape index (κ1) is 13.6. The Bertz CT molecular complexity index is 397. The topological polar surface area (TPSA) is 84.0 Å². The van der Waals surface area contributed by atoms with E-state index in [1.807, 2.05) is 0 Å². The van der Waals surface area contributed by atoms with E-state index in [-0.39, 0.29) is 11.8 Å². The van der Waals surface area contributed by atoms with Crippen molar-refractivity contribution in [1.29, 1.82) is 0 Å². The van der Waals surface area contributed by atoms with Crippen LogP contribution in [0.5, 0.6) is 0 Å². The summed E-state index contributed by atoms with van der Waals surface area (Å²) in [5.41, 5.74) is 1.01. The maximum atomic E-state index is 11.7. The molecule has 94 valence electrons. The van der Waals surface area contributed by atoms with E-state index in [0.717, 1.165) is 0 Å². The van der Waals surface area contributed by atoms with Crippen LogP contribution in [-0.4, -0.2) is 28.1 Å². The van der Waals surface area contributed by atoms with Gasteiger partial charge in [-0.25, -0.2) is 0 Å². The highest BCUT2D eigenvalue weighted by Crippen LogP contribution is 2.13. The molecule has 17 heavy (non-hydrogen) atoms. The van der Waals surface area contributed by atoms with Gasteiger partial charge in [0.05, 0.1) is 0 Å². The second-order valence-corrected chi connectivity index (χ2v) is 5.51.